The third-order valence-electron chi connectivity index (χ3n) is 6.09. The Morgan fingerprint density at radius 2 is 1.82 bits per heavy atom. The number of carbonyl (C=O) groups excluding carboxylic acids is 2. The highest BCUT2D eigenvalue weighted by molar-refractivity contribution is 6.46. The molecule has 1 atom stereocenters. The predicted octanol–water partition coefficient (Wildman–Crippen LogP) is 2.54. The first-order valence-electron chi connectivity index (χ1n) is 11.0. The van der Waals surface area contributed by atoms with Crippen molar-refractivity contribution >= 4 is 17.4 Å². The summed E-state index contributed by atoms with van der Waals surface area (Å²) in [6.07, 6.45) is 0.685. The number of methoxy groups -OCH3 is 1. The first-order chi connectivity index (χ1) is 16.0. The molecule has 2 fully saturated rings. The Balaban J connectivity index is 1.67. The van der Waals surface area contributed by atoms with Crippen molar-refractivity contribution in [3.63, 3.8) is 0 Å². The molecular formula is C25H28N2O6. The Bertz CT molecular complexity index is 1050. The molecule has 1 amide bonds. The summed E-state index contributed by atoms with van der Waals surface area (Å²) in [5.74, 6) is -1.65. The summed E-state index contributed by atoms with van der Waals surface area (Å²) in [7, 11) is 1.46. The van der Waals surface area contributed by atoms with E-state index in [0.29, 0.717) is 31.9 Å². The number of benzene rings is 2. The lowest BCUT2D eigenvalue weighted by Gasteiger charge is -2.29. The van der Waals surface area contributed by atoms with Crippen LogP contribution < -0.4 is 4.74 Å². The van der Waals surface area contributed by atoms with Crippen molar-refractivity contribution in [2.24, 2.45) is 0 Å². The van der Waals surface area contributed by atoms with E-state index >= 15 is 0 Å². The number of phenolic OH excluding ortho intramolecular Hbond substituents is 1. The van der Waals surface area contributed by atoms with Gasteiger partial charge in [-0.3, -0.25) is 14.5 Å². The molecule has 8 heteroatoms. The number of likely N-dealkylation sites (tertiary alicyclic amines) is 1. The second-order valence-electron chi connectivity index (χ2n) is 8.09. The minimum Gasteiger partial charge on any atom is -0.507 e. The first-order valence-corrected chi connectivity index (χ1v) is 11.0. The highest BCUT2D eigenvalue weighted by Gasteiger charge is 2.46. The molecule has 8 nitrogen and oxygen atoms in total. The zero-order valence-electron chi connectivity index (χ0n) is 18.6. The number of aliphatic hydroxyl groups is 1. The Labute approximate surface area is 192 Å². The molecule has 2 aliphatic heterocycles. The predicted molar refractivity (Wildman–Crippen MR) is 122 cm³/mol. The van der Waals surface area contributed by atoms with Crippen LogP contribution in [0.1, 0.15) is 23.6 Å². The van der Waals surface area contributed by atoms with Crippen LogP contribution in [0.5, 0.6) is 11.5 Å². The quantitative estimate of drug-likeness (QED) is 0.378. The molecule has 33 heavy (non-hydrogen) atoms. The van der Waals surface area contributed by atoms with Gasteiger partial charge in [0.1, 0.15) is 17.3 Å². The maximum absolute atomic E-state index is 13.1. The van der Waals surface area contributed by atoms with Gasteiger partial charge in [0.15, 0.2) is 0 Å². The molecule has 0 aliphatic carbocycles. The van der Waals surface area contributed by atoms with E-state index in [9.17, 15) is 19.8 Å². The number of ketones is 1. The maximum Gasteiger partial charge on any atom is 0.295 e. The average Bonchev–Trinajstić information content (AvgIpc) is 3.10. The first kappa shape index (κ1) is 22.8. The molecule has 4 rings (SSSR count). The fourth-order valence-electron chi connectivity index (χ4n) is 4.37. The van der Waals surface area contributed by atoms with Crippen LogP contribution in [0.15, 0.2) is 54.1 Å². The van der Waals surface area contributed by atoms with Crippen LogP contribution in [-0.2, 0) is 14.3 Å². The molecular weight excluding hydrogens is 424 g/mol. The third-order valence-corrected chi connectivity index (χ3v) is 6.09. The van der Waals surface area contributed by atoms with Crippen molar-refractivity contribution in [3.05, 3.63) is 65.2 Å². The van der Waals surface area contributed by atoms with Crippen molar-refractivity contribution in [2.75, 3.05) is 46.5 Å². The molecule has 174 valence electrons. The number of Topliss-reactive ketones (excluding diaryl/α,β-unsaturated/α-hetero) is 1. The molecule has 0 spiro atoms. The lowest BCUT2D eigenvalue weighted by atomic mass is 9.95. The lowest BCUT2D eigenvalue weighted by Crippen LogP contribution is -2.38. The Morgan fingerprint density at radius 3 is 2.48 bits per heavy atom. The van der Waals surface area contributed by atoms with Gasteiger partial charge in [0, 0.05) is 32.2 Å². The van der Waals surface area contributed by atoms with Crippen molar-refractivity contribution in [3.8, 4) is 11.5 Å². The van der Waals surface area contributed by atoms with Crippen molar-refractivity contribution in [1.29, 1.82) is 0 Å². The molecule has 2 saturated heterocycles. The van der Waals surface area contributed by atoms with Gasteiger partial charge in [-0.15, -0.1) is 0 Å². The van der Waals surface area contributed by atoms with E-state index in [0.717, 1.165) is 25.2 Å². The molecule has 0 radical (unpaired) electrons. The smallest absolute Gasteiger partial charge is 0.295 e. The summed E-state index contributed by atoms with van der Waals surface area (Å²) in [6, 6.07) is 12.8. The van der Waals surface area contributed by atoms with Crippen LogP contribution in [0.25, 0.3) is 5.76 Å². The molecule has 2 N–H and O–H groups in total. The van der Waals surface area contributed by atoms with Gasteiger partial charge in [-0.25, -0.2) is 0 Å². The van der Waals surface area contributed by atoms with Crippen molar-refractivity contribution in [2.45, 2.75) is 12.5 Å². The number of hydrogen-bond donors (Lipinski definition) is 2. The minimum atomic E-state index is -0.761. The summed E-state index contributed by atoms with van der Waals surface area (Å²) in [4.78, 5) is 29.9. The highest BCUT2D eigenvalue weighted by Crippen LogP contribution is 2.41. The fraction of sp³-hybridized carbons (Fsp3) is 0.360. The number of ether oxygens (including phenoxy) is 2. The van der Waals surface area contributed by atoms with Gasteiger partial charge in [0.2, 0.25) is 0 Å². The number of nitrogens with zero attached hydrogens (tertiary/aromatic N) is 2. The molecule has 2 aliphatic rings. The van der Waals surface area contributed by atoms with E-state index in [2.05, 4.69) is 4.90 Å². The van der Waals surface area contributed by atoms with Crippen molar-refractivity contribution < 1.29 is 29.3 Å². The van der Waals surface area contributed by atoms with E-state index in [4.69, 9.17) is 9.47 Å². The second kappa shape index (κ2) is 10.1. The summed E-state index contributed by atoms with van der Waals surface area (Å²) < 4.78 is 10.5. The van der Waals surface area contributed by atoms with E-state index in [1.54, 1.807) is 6.07 Å². The standard InChI is InChI=1S/C25H28N2O6/c1-32-18-8-9-19(20(28)16-18)23(29)21-22(17-6-3-2-4-7-17)27(25(31)24(21)30)11-5-10-26-12-14-33-15-13-26/h2-4,6-9,16,22,28-29H,5,10-15H2,1H3/t22-/m0/s1. The maximum atomic E-state index is 13.1. The van der Waals surface area contributed by atoms with Crippen LogP contribution >= 0.6 is 0 Å². The number of amides is 1. The summed E-state index contributed by atoms with van der Waals surface area (Å²) in [6.45, 7) is 4.23. The normalized spacial score (nSPS) is 20.9. The van der Waals surface area contributed by atoms with E-state index < -0.39 is 23.5 Å². The Hall–Kier alpha value is -3.36. The van der Waals surface area contributed by atoms with Gasteiger partial charge in [0.05, 0.1) is 37.5 Å². The van der Waals surface area contributed by atoms with E-state index in [1.807, 2.05) is 30.3 Å². The SMILES string of the molecule is COc1ccc(C(O)=C2C(=O)C(=O)N(CCCN3CCOCC3)[C@H]2c2ccccc2)c(O)c1. The lowest BCUT2D eigenvalue weighted by molar-refractivity contribution is -0.140. The molecule has 0 bridgehead atoms. The molecule has 2 heterocycles. The van der Waals surface area contributed by atoms with Crippen LogP contribution in [0.2, 0.25) is 0 Å². The summed E-state index contributed by atoms with van der Waals surface area (Å²) in [5.41, 5.74) is 0.763. The van der Waals surface area contributed by atoms with Gasteiger partial charge in [-0.2, -0.15) is 0 Å². The van der Waals surface area contributed by atoms with E-state index in [1.165, 1.54) is 24.1 Å². The van der Waals surface area contributed by atoms with Crippen LogP contribution in [0, 0.1) is 0 Å². The van der Waals surface area contributed by atoms with Crippen molar-refractivity contribution in [1.82, 2.24) is 9.80 Å². The number of hydrogen-bond acceptors (Lipinski definition) is 7. The number of aliphatic hydroxyl groups excluding tert-OH is 1. The molecule has 0 aromatic heterocycles. The zero-order chi connectivity index (χ0) is 23.4. The van der Waals surface area contributed by atoms with Gasteiger partial charge >= 0.3 is 0 Å². The van der Waals surface area contributed by atoms with Crippen LogP contribution in [0.3, 0.4) is 0 Å². The monoisotopic (exact) mass is 452 g/mol. The number of rotatable bonds is 7. The van der Waals surface area contributed by atoms with Crippen LogP contribution in [-0.4, -0.2) is 78.2 Å². The third kappa shape index (κ3) is 4.72. The van der Waals surface area contributed by atoms with E-state index in [-0.39, 0.29) is 16.9 Å². The van der Waals surface area contributed by atoms with Gasteiger partial charge in [0.25, 0.3) is 11.7 Å². The number of morpholine rings is 1. The van der Waals surface area contributed by atoms with Gasteiger partial charge in [-0.1, -0.05) is 30.3 Å². The zero-order valence-corrected chi connectivity index (χ0v) is 18.6. The minimum absolute atomic E-state index is 0.0296. The number of phenols is 1. The fourth-order valence-corrected chi connectivity index (χ4v) is 4.37. The number of aromatic hydroxyl groups is 1. The Kier molecular flexibility index (Phi) is 6.96. The molecule has 0 unspecified atom stereocenters. The topological polar surface area (TPSA) is 99.5 Å². The van der Waals surface area contributed by atoms with Crippen LogP contribution in [0.4, 0.5) is 0 Å². The molecule has 0 saturated carbocycles. The number of carbonyl (C=O) groups is 2. The van der Waals surface area contributed by atoms with Gasteiger partial charge < -0.3 is 24.6 Å². The second-order valence-corrected chi connectivity index (χ2v) is 8.09. The largest absolute Gasteiger partial charge is 0.507 e. The summed E-state index contributed by atoms with van der Waals surface area (Å²) in [5, 5.41) is 21.5. The molecule has 2 aromatic rings. The highest BCUT2D eigenvalue weighted by atomic mass is 16.5. The summed E-state index contributed by atoms with van der Waals surface area (Å²) >= 11 is 0. The average molecular weight is 453 g/mol. The molecule has 2 aromatic carbocycles. The Morgan fingerprint density at radius 1 is 1.09 bits per heavy atom. The van der Waals surface area contributed by atoms with Gasteiger partial charge in [-0.05, 0) is 24.1 Å².